The molecule has 6 nitrogen and oxygen atoms in total. The third-order valence-corrected chi connectivity index (χ3v) is 14.0. The van der Waals surface area contributed by atoms with Gasteiger partial charge in [-0.05, 0) is 61.2 Å². The van der Waals surface area contributed by atoms with Gasteiger partial charge in [-0.3, -0.25) is 0 Å². The average molecular weight is 535 g/mol. The van der Waals surface area contributed by atoms with Crippen molar-refractivity contribution in [1.29, 1.82) is 0 Å². The third kappa shape index (κ3) is 7.25. The van der Waals surface area contributed by atoms with Crippen LogP contribution in [-0.4, -0.2) is 51.9 Å². The molecule has 0 aromatic heterocycles. The number of rotatable bonds is 12. The van der Waals surface area contributed by atoms with E-state index in [0.29, 0.717) is 29.8 Å². The fourth-order valence-corrected chi connectivity index (χ4v) is 12.0. The van der Waals surface area contributed by atoms with Crippen molar-refractivity contribution in [3.05, 3.63) is 42.0 Å². The molecule has 1 fully saturated rings. The molecule has 1 saturated heterocycles. The molecule has 0 bridgehead atoms. The zero-order chi connectivity index (χ0) is 28.0. The largest absolute Gasteiger partial charge is 0.497 e. The lowest BCUT2D eigenvalue weighted by Gasteiger charge is -2.54. The van der Waals surface area contributed by atoms with Gasteiger partial charge in [-0.25, -0.2) is 4.79 Å². The van der Waals surface area contributed by atoms with Crippen molar-refractivity contribution >= 4 is 14.3 Å². The van der Waals surface area contributed by atoms with E-state index in [2.05, 4.69) is 48.5 Å². The molecule has 1 heterocycles. The minimum absolute atomic E-state index is 0.0296. The summed E-state index contributed by atoms with van der Waals surface area (Å²) in [5.74, 6) is 0.479. The number of benzene rings is 1. The molecule has 0 saturated carbocycles. The summed E-state index contributed by atoms with van der Waals surface area (Å²) in [6.07, 6.45) is 2.67. The normalized spacial score (nSPS) is 26.9. The van der Waals surface area contributed by atoms with E-state index in [1.165, 1.54) is 6.08 Å². The van der Waals surface area contributed by atoms with Gasteiger partial charge >= 0.3 is 5.97 Å². The molecular formula is C30H50O6Si. The number of hydrogen-bond acceptors (Lipinski definition) is 6. The van der Waals surface area contributed by atoms with Crippen LogP contribution in [0, 0.1) is 5.92 Å². The lowest BCUT2D eigenvalue weighted by Crippen LogP contribution is -2.64. The van der Waals surface area contributed by atoms with E-state index in [9.17, 15) is 4.79 Å². The van der Waals surface area contributed by atoms with Crippen LogP contribution >= 0.6 is 0 Å². The fraction of sp³-hybridized carbons (Fsp3) is 0.700. The van der Waals surface area contributed by atoms with E-state index in [1.54, 1.807) is 14.0 Å². The van der Waals surface area contributed by atoms with Crippen molar-refractivity contribution in [3.8, 4) is 5.75 Å². The van der Waals surface area contributed by atoms with Crippen molar-refractivity contribution in [3.63, 3.8) is 0 Å². The highest BCUT2D eigenvalue weighted by Gasteiger charge is 2.55. The topological polar surface area (TPSA) is 63.2 Å². The second-order valence-electron chi connectivity index (χ2n) is 11.4. The standard InChI is InChI=1S/C30H50O6Si/c1-12-33-27(31)17-18-30(10)29(36-37(20(2)3,21(4)5)22(6)7)23(8)28(24(9)35-30)34-19-25-13-15-26(32-11)16-14-25/h13-18,20-24,28-29H,12,19H2,1-11H3/b18-17+/t23-,24+,28-,29+,30-/m0/s1. The van der Waals surface area contributed by atoms with Crippen LogP contribution in [0.1, 0.15) is 74.8 Å². The smallest absolute Gasteiger partial charge is 0.330 e. The highest BCUT2D eigenvalue weighted by molar-refractivity contribution is 6.77. The predicted octanol–water partition coefficient (Wildman–Crippen LogP) is 7.07. The molecule has 0 amide bonds. The Morgan fingerprint density at radius 2 is 1.62 bits per heavy atom. The molecule has 0 N–H and O–H groups in total. The van der Waals surface area contributed by atoms with Gasteiger partial charge in [-0.15, -0.1) is 0 Å². The highest BCUT2D eigenvalue weighted by Crippen LogP contribution is 2.48. The molecule has 1 aliphatic heterocycles. The van der Waals surface area contributed by atoms with Crippen LogP contribution in [0.25, 0.3) is 0 Å². The van der Waals surface area contributed by atoms with Gasteiger partial charge in [0.2, 0.25) is 8.32 Å². The summed E-state index contributed by atoms with van der Waals surface area (Å²) in [5, 5.41) is 0. The second-order valence-corrected chi connectivity index (χ2v) is 16.8. The Labute approximate surface area is 226 Å². The molecular weight excluding hydrogens is 484 g/mol. The van der Waals surface area contributed by atoms with Crippen LogP contribution in [0.4, 0.5) is 0 Å². The molecule has 1 aliphatic rings. The number of ether oxygens (including phenoxy) is 4. The Morgan fingerprint density at radius 1 is 1.05 bits per heavy atom. The van der Waals surface area contributed by atoms with Gasteiger partial charge < -0.3 is 23.4 Å². The van der Waals surface area contributed by atoms with Crippen molar-refractivity contribution in [1.82, 2.24) is 0 Å². The van der Waals surface area contributed by atoms with Crippen LogP contribution in [0.15, 0.2) is 36.4 Å². The Hall–Kier alpha value is -1.67. The molecule has 0 spiro atoms. The molecule has 2 rings (SSSR count). The number of carbonyl (C=O) groups excluding carboxylic acids is 1. The van der Waals surface area contributed by atoms with Crippen LogP contribution in [0.5, 0.6) is 5.75 Å². The van der Waals surface area contributed by atoms with E-state index >= 15 is 0 Å². The molecule has 1 aromatic rings. The van der Waals surface area contributed by atoms with Crippen molar-refractivity contribution < 1.29 is 28.2 Å². The molecule has 1 aromatic carbocycles. The van der Waals surface area contributed by atoms with Gasteiger partial charge in [-0.1, -0.05) is 60.6 Å². The van der Waals surface area contributed by atoms with Crippen LogP contribution < -0.4 is 4.74 Å². The van der Waals surface area contributed by atoms with Crippen LogP contribution in [-0.2, 0) is 30.0 Å². The molecule has 0 radical (unpaired) electrons. The number of carbonyl (C=O) groups is 1. The summed E-state index contributed by atoms with van der Waals surface area (Å²) >= 11 is 0. The maximum absolute atomic E-state index is 12.2. The molecule has 0 unspecified atom stereocenters. The Morgan fingerprint density at radius 3 is 2.11 bits per heavy atom. The zero-order valence-corrected chi connectivity index (χ0v) is 25.9. The Bertz CT molecular complexity index is 859. The van der Waals surface area contributed by atoms with E-state index < -0.39 is 13.9 Å². The first-order chi connectivity index (χ1) is 17.3. The lowest BCUT2D eigenvalue weighted by atomic mass is 9.80. The summed E-state index contributed by atoms with van der Waals surface area (Å²) in [6.45, 7) is 22.6. The number of hydrogen-bond donors (Lipinski definition) is 0. The van der Waals surface area contributed by atoms with Crippen LogP contribution in [0.3, 0.4) is 0 Å². The SMILES string of the molecule is CCOC(=O)/C=C/[C@]1(C)O[C@H](C)[C@@H](OCc2ccc(OC)cc2)[C@H](C)[C@H]1O[Si](C(C)C)(C(C)C)C(C)C. The van der Waals surface area contributed by atoms with E-state index in [0.717, 1.165) is 11.3 Å². The van der Waals surface area contributed by atoms with Gasteiger partial charge in [0.05, 0.1) is 38.6 Å². The van der Waals surface area contributed by atoms with Crippen LogP contribution in [0.2, 0.25) is 16.6 Å². The number of methoxy groups -OCH3 is 1. The second kappa shape index (κ2) is 13.4. The Balaban J connectivity index is 2.43. The highest BCUT2D eigenvalue weighted by atomic mass is 28.4. The predicted molar refractivity (Wildman–Crippen MR) is 151 cm³/mol. The van der Waals surface area contributed by atoms with Crippen molar-refractivity contribution in [2.45, 2.75) is 116 Å². The van der Waals surface area contributed by atoms with Gasteiger partial charge in [0.15, 0.2) is 0 Å². The monoisotopic (exact) mass is 534 g/mol. The summed E-state index contributed by atoms with van der Waals surface area (Å²) in [6, 6.07) is 7.93. The number of esters is 1. The minimum Gasteiger partial charge on any atom is -0.497 e. The van der Waals surface area contributed by atoms with E-state index in [-0.39, 0.29) is 30.2 Å². The molecule has 37 heavy (non-hydrogen) atoms. The van der Waals surface area contributed by atoms with Gasteiger partial charge in [0, 0.05) is 12.0 Å². The first-order valence-corrected chi connectivity index (χ1v) is 15.9. The lowest BCUT2D eigenvalue weighted by molar-refractivity contribution is -0.229. The molecule has 210 valence electrons. The summed E-state index contributed by atoms with van der Waals surface area (Å²) in [5.41, 5.74) is 1.51. The Kier molecular flexibility index (Phi) is 11.4. The summed E-state index contributed by atoms with van der Waals surface area (Å²) in [4.78, 5) is 12.2. The average Bonchev–Trinajstić information content (AvgIpc) is 2.82. The molecule has 5 atom stereocenters. The van der Waals surface area contributed by atoms with Crippen molar-refractivity contribution in [2.24, 2.45) is 5.92 Å². The van der Waals surface area contributed by atoms with Gasteiger partial charge in [-0.2, -0.15) is 0 Å². The summed E-state index contributed by atoms with van der Waals surface area (Å²) < 4.78 is 31.0. The maximum atomic E-state index is 12.2. The van der Waals surface area contributed by atoms with Gasteiger partial charge in [0.25, 0.3) is 0 Å². The van der Waals surface area contributed by atoms with Crippen molar-refractivity contribution in [2.75, 3.05) is 13.7 Å². The first kappa shape index (κ1) is 31.5. The minimum atomic E-state index is -2.27. The van der Waals surface area contributed by atoms with Gasteiger partial charge in [0.1, 0.15) is 11.4 Å². The summed E-state index contributed by atoms with van der Waals surface area (Å²) in [7, 11) is -0.602. The molecule has 0 aliphatic carbocycles. The molecule has 7 heteroatoms. The van der Waals surface area contributed by atoms with E-state index in [4.69, 9.17) is 23.4 Å². The van der Waals surface area contributed by atoms with E-state index in [1.807, 2.05) is 44.2 Å². The first-order valence-electron chi connectivity index (χ1n) is 13.8. The third-order valence-electron chi connectivity index (χ3n) is 7.94. The zero-order valence-electron chi connectivity index (χ0n) is 24.9. The maximum Gasteiger partial charge on any atom is 0.330 e. The fourth-order valence-electron chi connectivity index (χ4n) is 6.27. The quantitative estimate of drug-likeness (QED) is 0.162.